The number of nitrogens with one attached hydrogen (secondary N) is 1. The number of aliphatic hydroxyl groups excluding tert-OH is 1. The van der Waals surface area contributed by atoms with Gasteiger partial charge in [0.25, 0.3) is 0 Å². The summed E-state index contributed by atoms with van der Waals surface area (Å²) in [5.41, 5.74) is 3.97. The summed E-state index contributed by atoms with van der Waals surface area (Å²) in [6.07, 6.45) is 4.44. The van der Waals surface area contributed by atoms with Gasteiger partial charge in [-0.15, -0.1) is 0 Å². The van der Waals surface area contributed by atoms with Crippen LogP contribution in [0, 0.1) is 11.8 Å². The molecular weight excluding hydrogens is 434 g/mol. The number of carboxylic acids is 1. The van der Waals surface area contributed by atoms with Gasteiger partial charge in [-0.25, -0.2) is 4.98 Å². The van der Waals surface area contributed by atoms with Gasteiger partial charge in [0, 0.05) is 47.9 Å². The van der Waals surface area contributed by atoms with Crippen LogP contribution in [0.2, 0.25) is 0 Å². The molecule has 1 aromatic carbocycles. The first-order chi connectivity index (χ1) is 16.5. The lowest BCUT2D eigenvalue weighted by molar-refractivity contribution is -0.136. The maximum Gasteiger partial charge on any atom is 0.317 e. The van der Waals surface area contributed by atoms with E-state index >= 15 is 0 Å². The number of imidazole rings is 1. The number of pyridine rings is 1. The van der Waals surface area contributed by atoms with Gasteiger partial charge in [0.15, 0.2) is 5.76 Å². The minimum Gasteiger partial charge on any atom is -0.480 e. The lowest BCUT2D eigenvalue weighted by Gasteiger charge is -2.07. The molecule has 1 unspecified atom stereocenters. The minimum absolute atomic E-state index is 0.108. The van der Waals surface area contributed by atoms with Crippen LogP contribution in [-0.2, 0) is 17.9 Å². The molecule has 0 bridgehead atoms. The Hall–Kier alpha value is -4.26. The topological polar surface area (TPSA) is 126 Å². The molecule has 4 rings (SSSR count). The third kappa shape index (κ3) is 5.95. The van der Waals surface area contributed by atoms with E-state index in [0.29, 0.717) is 24.7 Å². The van der Waals surface area contributed by atoms with Crippen LogP contribution >= 0.6 is 0 Å². The fourth-order valence-corrected chi connectivity index (χ4v) is 3.28. The lowest BCUT2D eigenvalue weighted by Crippen LogP contribution is -2.22. The van der Waals surface area contributed by atoms with Gasteiger partial charge in [-0.1, -0.05) is 17.0 Å². The number of benzene rings is 1. The van der Waals surface area contributed by atoms with Crippen molar-refractivity contribution in [3.8, 4) is 23.2 Å². The maximum absolute atomic E-state index is 10.5. The number of nitrogens with zero attached hydrogens (tertiary/aromatic N) is 4. The van der Waals surface area contributed by atoms with E-state index in [1.807, 2.05) is 47.0 Å². The minimum atomic E-state index is -0.905. The van der Waals surface area contributed by atoms with Crippen molar-refractivity contribution in [2.24, 2.45) is 0 Å². The standard InChI is InChI=1S/C25H23N5O4/c1-17(31)25-27-10-11-30(25)16-22-12-23(34-29-22)20-7-4-18(5-8-20)2-3-19-6-9-21(28-13-19)14-26-15-24(32)33/h4-13,17,26,31H,14-16H2,1H3,(H,32,33). The van der Waals surface area contributed by atoms with Gasteiger partial charge in [0.2, 0.25) is 0 Å². The summed E-state index contributed by atoms with van der Waals surface area (Å²) in [6.45, 7) is 2.40. The van der Waals surface area contributed by atoms with Crippen LogP contribution < -0.4 is 5.32 Å². The van der Waals surface area contributed by atoms with Crippen molar-refractivity contribution < 1.29 is 19.5 Å². The molecule has 0 spiro atoms. The molecule has 1 atom stereocenters. The molecule has 0 aliphatic carbocycles. The van der Waals surface area contributed by atoms with Crippen LogP contribution in [-0.4, -0.2) is 42.4 Å². The van der Waals surface area contributed by atoms with Crippen molar-refractivity contribution in [2.45, 2.75) is 26.1 Å². The van der Waals surface area contributed by atoms with Crippen molar-refractivity contribution in [3.05, 3.63) is 89.4 Å². The highest BCUT2D eigenvalue weighted by Crippen LogP contribution is 2.22. The average Bonchev–Trinajstić information content (AvgIpc) is 3.49. The Morgan fingerprint density at radius 3 is 2.59 bits per heavy atom. The SMILES string of the molecule is CC(O)c1nccn1Cc1cc(-c2ccc(C#Cc3ccc(CNCC(=O)O)nc3)cc2)on1. The first-order valence-corrected chi connectivity index (χ1v) is 10.6. The van der Waals surface area contributed by atoms with Gasteiger partial charge in [-0.2, -0.15) is 0 Å². The second-order valence-electron chi connectivity index (χ2n) is 7.63. The molecule has 0 fully saturated rings. The summed E-state index contributed by atoms with van der Waals surface area (Å²) in [4.78, 5) is 19.0. The first kappa shape index (κ1) is 22.9. The third-order valence-corrected chi connectivity index (χ3v) is 4.94. The molecule has 172 valence electrons. The molecular formula is C25H23N5O4. The summed E-state index contributed by atoms with van der Waals surface area (Å²) < 4.78 is 7.33. The Kier molecular flexibility index (Phi) is 7.13. The smallest absolute Gasteiger partial charge is 0.317 e. The van der Waals surface area contributed by atoms with E-state index < -0.39 is 12.1 Å². The Balaban J connectivity index is 1.37. The molecule has 0 amide bonds. The number of aromatic nitrogens is 4. The zero-order valence-corrected chi connectivity index (χ0v) is 18.5. The van der Waals surface area contributed by atoms with E-state index in [2.05, 4.69) is 32.3 Å². The Morgan fingerprint density at radius 2 is 1.88 bits per heavy atom. The number of hydrogen-bond donors (Lipinski definition) is 3. The van der Waals surface area contributed by atoms with Gasteiger partial charge in [0.05, 0.1) is 18.8 Å². The zero-order chi connectivity index (χ0) is 23.9. The Labute approximate surface area is 196 Å². The largest absolute Gasteiger partial charge is 0.480 e. The normalized spacial score (nSPS) is 11.6. The number of carboxylic acid groups (broad SMARTS) is 1. The Bertz CT molecular complexity index is 1310. The molecule has 3 N–H and O–H groups in total. The van der Waals surface area contributed by atoms with Gasteiger partial charge in [-0.05, 0) is 43.3 Å². The van der Waals surface area contributed by atoms with E-state index in [-0.39, 0.29) is 6.54 Å². The molecule has 3 aromatic heterocycles. The molecule has 0 aliphatic heterocycles. The Morgan fingerprint density at radius 1 is 1.12 bits per heavy atom. The van der Waals surface area contributed by atoms with E-state index in [9.17, 15) is 9.90 Å². The lowest BCUT2D eigenvalue weighted by atomic mass is 10.1. The van der Waals surface area contributed by atoms with Crippen LogP contribution in [0.25, 0.3) is 11.3 Å². The van der Waals surface area contributed by atoms with Crippen molar-refractivity contribution in [1.29, 1.82) is 0 Å². The second kappa shape index (κ2) is 10.6. The highest BCUT2D eigenvalue weighted by Gasteiger charge is 2.12. The number of aliphatic carboxylic acids is 1. The third-order valence-electron chi connectivity index (χ3n) is 4.94. The maximum atomic E-state index is 10.5. The summed E-state index contributed by atoms with van der Waals surface area (Å²) in [5, 5.41) is 25.4. The van der Waals surface area contributed by atoms with E-state index in [4.69, 9.17) is 9.63 Å². The fraction of sp³-hybridized carbons (Fsp3) is 0.200. The quantitative estimate of drug-likeness (QED) is 0.345. The number of rotatable bonds is 8. The van der Waals surface area contributed by atoms with Gasteiger partial charge >= 0.3 is 5.97 Å². The van der Waals surface area contributed by atoms with Gasteiger partial charge < -0.3 is 24.6 Å². The van der Waals surface area contributed by atoms with Crippen LogP contribution in [0.3, 0.4) is 0 Å². The van der Waals surface area contributed by atoms with E-state index in [0.717, 1.165) is 28.1 Å². The number of carbonyl (C=O) groups is 1. The monoisotopic (exact) mass is 457 g/mol. The predicted molar refractivity (Wildman–Crippen MR) is 123 cm³/mol. The van der Waals surface area contributed by atoms with Gasteiger partial charge in [0.1, 0.15) is 17.6 Å². The van der Waals surface area contributed by atoms with Crippen LogP contribution in [0.1, 0.15) is 41.4 Å². The molecule has 0 radical (unpaired) electrons. The fourth-order valence-electron chi connectivity index (χ4n) is 3.28. The molecule has 4 aromatic rings. The second-order valence-corrected chi connectivity index (χ2v) is 7.63. The predicted octanol–water partition coefficient (Wildman–Crippen LogP) is 2.61. The van der Waals surface area contributed by atoms with Crippen molar-refractivity contribution in [1.82, 2.24) is 25.0 Å². The highest BCUT2D eigenvalue weighted by molar-refractivity contribution is 5.69. The molecule has 0 aliphatic rings. The molecule has 9 heteroatoms. The molecule has 0 saturated heterocycles. The van der Waals surface area contributed by atoms with E-state index in [1.54, 1.807) is 25.5 Å². The van der Waals surface area contributed by atoms with E-state index in [1.165, 1.54) is 0 Å². The molecule has 34 heavy (non-hydrogen) atoms. The zero-order valence-electron chi connectivity index (χ0n) is 18.5. The van der Waals surface area contributed by atoms with Crippen LogP contribution in [0.4, 0.5) is 0 Å². The summed E-state index contributed by atoms with van der Waals surface area (Å²) in [7, 11) is 0. The molecule has 0 saturated carbocycles. The summed E-state index contributed by atoms with van der Waals surface area (Å²) in [5.74, 6) is 6.49. The van der Waals surface area contributed by atoms with Crippen LogP contribution in [0.15, 0.2) is 65.6 Å². The molecule has 3 heterocycles. The summed E-state index contributed by atoms with van der Waals surface area (Å²) >= 11 is 0. The van der Waals surface area contributed by atoms with Crippen molar-refractivity contribution >= 4 is 5.97 Å². The van der Waals surface area contributed by atoms with Crippen molar-refractivity contribution in [3.63, 3.8) is 0 Å². The van der Waals surface area contributed by atoms with Crippen molar-refractivity contribution in [2.75, 3.05) is 6.54 Å². The average molecular weight is 457 g/mol. The number of aliphatic hydroxyl groups is 1. The van der Waals surface area contributed by atoms with Gasteiger partial charge in [-0.3, -0.25) is 9.78 Å². The summed E-state index contributed by atoms with van der Waals surface area (Å²) in [6, 6.07) is 13.2. The van der Waals surface area contributed by atoms with Crippen LogP contribution in [0.5, 0.6) is 0 Å². The molecule has 9 nitrogen and oxygen atoms in total. The number of hydrogen-bond acceptors (Lipinski definition) is 7. The highest BCUT2D eigenvalue weighted by atomic mass is 16.5. The first-order valence-electron chi connectivity index (χ1n) is 10.6.